The molecule has 1 amide bonds. The average molecular weight is 181 g/mol. The van der Waals surface area contributed by atoms with Gasteiger partial charge in [0.25, 0.3) is 0 Å². The van der Waals surface area contributed by atoms with E-state index in [1.165, 1.54) is 0 Å². The zero-order valence-electron chi connectivity index (χ0n) is 7.82. The van der Waals surface area contributed by atoms with Gasteiger partial charge in [-0.3, -0.25) is 4.79 Å². The first-order valence-corrected chi connectivity index (χ1v) is 4.52. The van der Waals surface area contributed by atoms with Crippen LogP contribution in [0.4, 0.5) is 0 Å². The molecule has 0 spiro atoms. The van der Waals surface area contributed by atoms with Crippen LogP contribution in [0.2, 0.25) is 0 Å². The third-order valence-corrected chi connectivity index (χ3v) is 2.10. The lowest BCUT2D eigenvalue weighted by Crippen LogP contribution is -2.26. The lowest BCUT2D eigenvalue weighted by molar-refractivity contribution is -0.121. The summed E-state index contributed by atoms with van der Waals surface area (Å²) in [6, 6.07) is 0. The molecule has 0 saturated carbocycles. The van der Waals surface area contributed by atoms with Gasteiger partial charge in [-0.25, -0.2) is 0 Å². The molecule has 1 aliphatic rings. The standard InChI is InChI=1S/C10H15NO2/c1-2-4-9(10(11)12)8-5-3-6-13-7-8/h3,5-6,9H,2,4,7H2,1H3,(H2,11,12). The lowest BCUT2D eigenvalue weighted by Gasteiger charge is -2.17. The van der Waals surface area contributed by atoms with Crippen LogP contribution in [-0.2, 0) is 9.53 Å². The molecule has 0 saturated heterocycles. The van der Waals surface area contributed by atoms with Gasteiger partial charge in [-0.1, -0.05) is 19.4 Å². The summed E-state index contributed by atoms with van der Waals surface area (Å²) in [6.07, 6.45) is 7.08. The summed E-state index contributed by atoms with van der Waals surface area (Å²) >= 11 is 0. The molecule has 72 valence electrons. The molecule has 3 nitrogen and oxygen atoms in total. The number of hydrogen-bond acceptors (Lipinski definition) is 2. The van der Waals surface area contributed by atoms with E-state index >= 15 is 0 Å². The van der Waals surface area contributed by atoms with Crippen LogP contribution in [0.5, 0.6) is 0 Å². The largest absolute Gasteiger partial charge is 0.497 e. The van der Waals surface area contributed by atoms with Crippen LogP contribution in [0, 0.1) is 5.92 Å². The number of primary amides is 1. The van der Waals surface area contributed by atoms with Gasteiger partial charge in [-0.15, -0.1) is 0 Å². The van der Waals surface area contributed by atoms with E-state index in [4.69, 9.17) is 10.5 Å². The van der Waals surface area contributed by atoms with Crippen molar-refractivity contribution in [2.24, 2.45) is 11.7 Å². The van der Waals surface area contributed by atoms with E-state index in [1.54, 1.807) is 12.3 Å². The Morgan fingerprint density at radius 3 is 3.00 bits per heavy atom. The van der Waals surface area contributed by atoms with E-state index in [2.05, 4.69) is 0 Å². The minimum absolute atomic E-state index is 0.157. The number of rotatable bonds is 4. The molecule has 0 aromatic carbocycles. The van der Waals surface area contributed by atoms with Crippen molar-refractivity contribution in [3.05, 3.63) is 24.0 Å². The molecular weight excluding hydrogens is 166 g/mol. The molecule has 0 aromatic heterocycles. The Morgan fingerprint density at radius 1 is 1.77 bits per heavy atom. The van der Waals surface area contributed by atoms with E-state index in [0.717, 1.165) is 18.4 Å². The molecule has 3 heteroatoms. The third-order valence-electron chi connectivity index (χ3n) is 2.10. The summed E-state index contributed by atoms with van der Waals surface area (Å²) in [5.41, 5.74) is 6.28. The van der Waals surface area contributed by atoms with E-state index in [1.807, 2.05) is 13.0 Å². The molecule has 0 aliphatic carbocycles. The SMILES string of the molecule is CCCC(C(N)=O)C1=CC=COC1. The Labute approximate surface area is 78.3 Å². The summed E-state index contributed by atoms with van der Waals surface area (Å²) in [6.45, 7) is 2.53. The molecule has 1 atom stereocenters. The Kier molecular flexibility index (Phi) is 3.55. The molecule has 0 aromatic rings. The summed E-state index contributed by atoms with van der Waals surface area (Å²) in [5, 5.41) is 0. The van der Waals surface area contributed by atoms with Crippen molar-refractivity contribution in [3.8, 4) is 0 Å². The molecular formula is C10H15NO2. The third kappa shape index (κ3) is 2.61. The molecule has 1 aliphatic heterocycles. The molecule has 0 radical (unpaired) electrons. The van der Waals surface area contributed by atoms with E-state index < -0.39 is 0 Å². The van der Waals surface area contributed by atoms with Gasteiger partial charge >= 0.3 is 0 Å². The molecule has 1 heterocycles. The Bertz CT molecular complexity index is 243. The Morgan fingerprint density at radius 2 is 2.54 bits per heavy atom. The summed E-state index contributed by atoms with van der Waals surface area (Å²) in [4.78, 5) is 11.1. The predicted octanol–water partition coefficient (Wildman–Crippen LogP) is 1.36. The first-order chi connectivity index (χ1) is 6.25. The van der Waals surface area contributed by atoms with Crippen LogP contribution in [0.25, 0.3) is 0 Å². The van der Waals surface area contributed by atoms with Gasteiger partial charge in [0.1, 0.15) is 6.61 Å². The highest BCUT2D eigenvalue weighted by molar-refractivity contribution is 5.79. The van der Waals surface area contributed by atoms with E-state index in [0.29, 0.717) is 6.61 Å². The number of carbonyl (C=O) groups is 1. The normalized spacial score (nSPS) is 17.5. The fraction of sp³-hybridized carbons (Fsp3) is 0.500. The first-order valence-electron chi connectivity index (χ1n) is 4.52. The van der Waals surface area contributed by atoms with Gasteiger partial charge < -0.3 is 10.5 Å². The number of nitrogens with two attached hydrogens (primary N) is 1. The van der Waals surface area contributed by atoms with Gasteiger partial charge in [0.05, 0.1) is 12.2 Å². The molecule has 13 heavy (non-hydrogen) atoms. The van der Waals surface area contributed by atoms with Crippen LogP contribution in [0.3, 0.4) is 0 Å². The maximum atomic E-state index is 11.1. The second-order valence-electron chi connectivity index (χ2n) is 3.12. The molecule has 2 N–H and O–H groups in total. The van der Waals surface area contributed by atoms with Crippen molar-refractivity contribution in [2.75, 3.05) is 6.61 Å². The summed E-state index contributed by atoms with van der Waals surface area (Å²) < 4.78 is 5.10. The van der Waals surface area contributed by atoms with Gasteiger partial charge in [0.15, 0.2) is 0 Å². The average Bonchev–Trinajstić information content (AvgIpc) is 2.15. The van der Waals surface area contributed by atoms with Crippen molar-refractivity contribution in [1.29, 1.82) is 0 Å². The number of hydrogen-bond donors (Lipinski definition) is 1. The van der Waals surface area contributed by atoms with E-state index in [-0.39, 0.29) is 11.8 Å². The van der Waals surface area contributed by atoms with Crippen LogP contribution >= 0.6 is 0 Å². The molecule has 1 unspecified atom stereocenters. The van der Waals surface area contributed by atoms with Crippen LogP contribution in [0.1, 0.15) is 19.8 Å². The van der Waals surface area contributed by atoms with Crippen molar-refractivity contribution >= 4 is 5.91 Å². The first kappa shape index (κ1) is 9.84. The molecule has 0 fully saturated rings. The van der Waals surface area contributed by atoms with E-state index in [9.17, 15) is 4.79 Å². The minimum Gasteiger partial charge on any atom is -0.497 e. The van der Waals surface area contributed by atoms with Gasteiger partial charge in [0.2, 0.25) is 5.91 Å². The maximum Gasteiger partial charge on any atom is 0.224 e. The number of ether oxygens (including phenoxy) is 1. The highest BCUT2D eigenvalue weighted by Crippen LogP contribution is 2.19. The highest BCUT2D eigenvalue weighted by Gasteiger charge is 2.19. The zero-order chi connectivity index (χ0) is 9.68. The fourth-order valence-electron chi connectivity index (χ4n) is 1.43. The van der Waals surface area contributed by atoms with Gasteiger partial charge in [0, 0.05) is 0 Å². The molecule has 1 rings (SSSR count). The smallest absolute Gasteiger partial charge is 0.224 e. The Balaban J connectivity index is 2.68. The number of allylic oxidation sites excluding steroid dienone is 2. The molecule has 0 bridgehead atoms. The monoisotopic (exact) mass is 181 g/mol. The highest BCUT2D eigenvalue weighted by atomic mass is 16.5. The Hall–Kier alpha value is -1.25. The predicted molar refractivity (Wildman–Crippen MR) is 50.8 cm³/mol. The van der Waals surface area contributed by atoms with Crippen molar-refractivity contribution < 1.29 is 9.53 Å². The lowest BCUT2D eigenvalue weighted by atomic mass is 9.93. The van der Waals surface area contributed by atoms with Crippen molar-refractivity contribution in [1.82, 2.24) is 0 Å². The summed E-state index contributed by atoms with van der Waals surface area (Å²) in [5.74, 6) is -0.415. The topological polar surface area (TPSA) is 52.3 Å². The summed E-state index contributed by atoms with van der Waals surface area (Å²) in [7, 11) is 0. The second-order valence-corrected chi connectivity index (χ2v) is 3.12. The maximum absolute atomic E-state index is 11.1. The van der Waals surface area contributed by atoms with Gasteiger partial charge in [-0.05, 0) is 18.1 Å². The van der Waals surface area contributed by atoms with Gasteiger partial charge in [-0.2, -0.15) is 0 Å². The second kappa shape index (κ2) is 4.70. The van der Waals surface area contributed by atoms with Crippen LogP contribution in [-0.4, -0.2) is 12.5 Å². The zero-order valence-corrected chi connectivity index (χ0v) is 7.82. The van der Waals surface area contributed by atoms with Crippen molar-refractivity contribution in [2.45, 2.75) is 19.8 Å². The fourth-order valence-corrected chi connectivity index (χ4v) is 1.43. The van der Waals surface area contributed by atoms with Crippen LogP contribution in [0.15, 0.2) is 24.0 Å². The number of carbonyl (C=O) groups excluding carboxylic acids is 1. The van der Waals surface area contributed by atoms with Crippen LogP contribution < -0.4 is 5.73 Å². The quantitative estimate of drug-likeness (QED) is 0.712. The van der Waals surface area contributed by atoms with Crippen molar-refractivity contribution in [3.63, 3.8) is 0 Å². The number of amides is 1. The minimum atomic E-state index is -0.257.